The summed E-state index contributed by atoms with van der Waals surface area (Å²) in [4.78, 5) is 0. The Bertz CT molecular complexity index is 327. The Kier molecular flexibility index (Phi) is 7.01. The van der Waals surface area contributed by atoms with E-state index in [1.54, 1.807) is 0 Å². The van der Waals surface area contributed by atoms with Crippen LogP contribution in [0.5, 0.6) is 0 Å². The van der Waals surface area contributed by atoms with Crippen LogP contribution in [0.25, 0.3) is 0 Å². The van der Waals surface area contributed by atoms with Crippen molar-refractivity contribution in [3.63, 3.8) is 0 Å². The normalized spacial score (nSPS) is 20.7. The second kappa shape index (κ2) is 7.25. The number of rotatable bonds is 3. The minimum Gasteiger partial charge on any atom is -0.488 e. The molecule has 1 aliphatic rings. The van der Waals surface area contributed by atoms with Crippen LogP contribution in [0.4, 0.5) is 0 Å². The highest BCUT2D eigenvalue weighted by molar-refractivity contribution is 8.29. The van der Waals surface area contributed by atoms with E-state index in [4.69, 9.17) is 14.0 Å². The van der Waals surface area contributed by atoms with Crippen LogP contribution in [-0.2, 0) is 8.92 Å². The predicted octanol–water partition coefficient (Wildman–Crippen LogP) is 3.99. The van der Waals surface area contributed by atoms with Crippen LogP contribution in [0.15, 0.2) is 24.2 Å². The van der Waals surface area contributed by atoms with E-state index in [0.717, 1.165) is 5.76 Å². The predicted molar refractivity (Wildman–Crippen MR) is 85.4 cm³/mol. The molecular weight excluding hydrogens is 260 g/mol. The zero-order valence-electron chi connectivity index (χ0n) is 13.4. The molecule has 0 amide bonds. The van der Waals surface area contributed by atoms with Crippen molar-refractivity contribution in [3.8, 4) is 0 Å². The molecule has 1 atom stereocenters. The maximum atomic E-state index is 9.13. The van der Waals surface area contributed by atoms with E-state index in [9.17, 15) is 0 Å². The van der Waals surface area contributed by atoms with Gasteiger partial charge in [0.1, 0.15) is 11.9 Å². The molecule has 1 aliphatic heterocycles. The highest BCUT2D eigenvalue weighted by Crippen LogP contribution is 2.55. The van der Waals surface area contributed by atoms with Gasteiger partial charge in [0.25, 0.3) is 0 Å². The molecule has 0 bridgehead atoms. The average Bonchev–Trinajstić information content (AvgIpc) is 2.28. The van der Waals surface area contributed by atoms with Gasteiger partial charge in [-0.25, -0.2) is 0 Å². The lowest BCUT2D eigenvalue weighted by atomic mass is 10.2. The molecule has 0 aromatic rings. The Morgan fingerprint density at radius 1 is 1.42 bits per heavy atom. The molecule has 0 aromatic carbocycles. The number of aliphatic hydroxyl groups excluding tert-OH is 1. The molecule has 0 radical (unpaired) electrons. The number of ether oxygens (including phenoxy) is 1. The molecule has 1 rings (SSSR count). The second-order valence-corrected chi connectivity index (χ2v) is 9.47. The van der Waals surface area contributed by atoms with Crippen LogP contribution < -0.4 is 0 Å². The van der Waals surface area contributed by atoms with E-state index < -0.39 is 10.3 Å². The molecule has 19 heavy (non-hydrogen) atoms. The minimum absolute atomic E-state index is 0.0445. The van der Waals surface area contributed by atoms with Crippen molar-refractivity contribution in [2.75, 3.05) is 19.1 Å². The van der Waals surface area contributed by atoms with Crippen molar-refractivity contribution in [2.45, 2.75) is 51.9 Å². The highest BCUT2D eigenvalue weighted by Gasteiger charge is 2.31. The van der Waals surface area contributed by atoms with Crippen LogP contribution in [-0.4, -0.2) is 35.1 Å². The van der Waals surface area contributed by atoms with Crippen LogP contribution in [0.2, 0.25) is 0 Å². The van der Waals surface area contributed by atoms with Gasteiger partial charge < -0.3 is 14.0 Å². The summed E-state index contributed by atoms with van der Waals surface area (Å²) in [6.07, 6.45) is 6.44. The molecule has 0 saturated carbocycles. The third-order valence-electron chi connectivity index (χ3n) is 3.03. The van der Waals surface area contributed by atoms with Gasteiger partial charge in [-0.1, -0.05) is 30.7 Å². The summed E-state index contributed by atoms with van der Waals surface area (Å²) in [5.41, 5.74) is 0. The molecule has 0 aliphatic carbocycles. The summed E-state index contributed by atoms with van der Waals surface area (Å²) in [6, 6.07) is 0. The van der Waals surface area contributed by atoms with Crippen LogP contribution in [0, 0.1) is 0 Å². The first-order valence-electron chi connectivity index (χ1n) is 6.74. The molecule has 4 heteroatoms. The molecule has 0 spiro atoms. The zero-order chi connectivity index (χ0) is 15.3. The molecule has 1 heterocycles. The molecule has 0 unspecified atom stereocenters. The smallest absolute Gasteiger partial charge is 0.143 e. The Balaban J connectivity index is 0.00000154. The Morgan fingerprint density at radius 2 is 1.95 bits per heavy atom. The maximum Gasteiger partial charge on any atom is 0.143 e. The lowest BCUT2D eigenvalue weighted by Crippen LogP contribution is -2.27. The van der Waals surface area contributed by atoms with E-state index in [-0.39, 0.29) is 17.5 Å². The Morgan fingerprint density at radius 3 is 2.37 bits per heavy atom. The topological polar surface area (TPSA) is 38.7 Å². The molecule has 114 valence electrons. The van der Waals surface area contributed by atoms with Gasteiger partial charge in [-0.2, -0.15) is 0 Å². The fourth-order valence-electron chi connectivity index (χ4n) is 1.29. The molecular formula is C15H30O3S. The number of aliphatic hydroxyl groups is 1. The van der Waals surface area contributed by atoms with Crippen molar-refractivity contribution in [2.24, 2.45) is 0 Å². The van der Waals surface area contributed by atoms with Crippen molar-refractivity contribution >= 4 is 10.3 Å². The summed E-state index contributed by atoms with van der Waals surface area (Å²) in [5, 5.41) is 9.13. The van der Waals surface area contributed by atoms with Gasteiger partial charge in [0.2, 0.25) is 0 Å². The molecule has 0 fully saturated rings. The summed E-state index contributed by atoms with van der Waals surface area (Å²) < 4.78 is 11.6. The van der Waals surface area contributed by atoms with E-state index in [2.05, 4.69) is 39.9 Å². The van der Waals surface area contributed by atoms with Gasteiger partial charge in [0, 0.05) is 4.75 Å². The molecule has 0 saturated heterocycles. The first-order chi connectivity index (χ1) is 8.65. The van der Waals surface area contributed by atoms with Crippen LogP contribution in [0.1, 0.15) is 41.0 Å². The summed E-state index contributed by atoms with van der Waals surface area (Å²) in [7, 11) is -1.20. The Hall–Kier alpha value is -0.610. The van der Waals surface area contributed by atoms with Crippen molar-refractivity contribution in [1.82, 2.24) is 0 Å². The van der Waals surface area contributed by atoms with Gasteiger partial charge in [-0.15, -0.1) is 0 Å². The highest BCUT2D eigenvalue weighted by atomic mass is 32.3. The SMILES string of the molecule is C=C1CC(OS(C)(C)C(C)(C)C)=C[C@@H](CO)O1.CC. The van der Waals surface area contributed by atoms with E-state index in [0.29, 0.717) is 12.2 Å². The van der Waals surface area contributed by atoms with Gasteiger partial charge in [0.05, 0.1) is 18.8 Å². The van der Waals surface area contributed by atoms with Crippen molar-refractivity contribution in [3.05, 3.63) is 24.2 Å². The standard InChI is InChI=1S/C13H24O3S.C2H6/c1-10-7-11(8-12(9-14)15-10)16-17(5,6)13(2,3)4;1-2/h8,12,14H,1,7,9H2,2-6H3;1-2H3/t12-;/m0./s1. The lowest BCUT2D eigenvalue weighted by Gasteiger charge is -2.45. The number of hydrogen-bond acceptors (Lipinski definition) is 3. The largest absolute Gasteiger partial charge is 0.488 e. The van der Waals surface area contributed by atoms with Gasteiger partial charge in [-0.05, 0) is 39.4 Å². The third kappa shape index (κ3) is 5.49. The third-order valence-corrected chi connectivity index (χ3v) is 6.61. The monoisotopic (exact) mass is 290 g/mol. The second-order valence-electron chi connectivity index (χ2n) is 5.62. The minimum atomic E-state index is -1.20. The maximum absolute atomic E-state index is 9.13. The summed E-state index contributed by atoms with van der Waals surface area (Å²) in [6.45, 7) is 14.3. The van der Waals surface area contributed by atoms with E-state index >= 15 is 0 Å². The fraction of sp³-hybridized carbons (Fsp3) is 0.733. The summed E-state index contributed by atoms with van der Waals surface area (Å²) in [5.74, 6) is 1.53. The first-order valence-corrected chi connectivity index (χ1v) is 9.11. The van der Waals surface area contributed by atoms with Gasteiger partial charge >= 0.3 is 0 Å². The Labute approximate surface area is 120 Å². The van der Waals surface area contributed by atoms with E-state index in [1.165, 1.54) is 0 Å². The zero-order valence-corrected chi connectivity index (χ0v) is 14.3. The average molecular weight is 290 g/mol. The quantitative estimate of drug-likeness (QED) is 0.854. The molecule has 3 nitrogen and oxygen atoms in total. The van der Waals surface area contributed by atoms with Gasteiger partial charge in [0.15, 0.2) is 0 Å². The number of hydrogen-bond donors (Lipinski definition) is 1. The summed E-state index contributed by atoms with van der Waals surface area (Å²) >= 11 is 0. The first kappa shape index (κ1) is 18.4. The lowest BCUT2D eigenvalue weighted by molar-refractivity contribution is 0.0760. The fourth-order valence-corrected chi connectivity index (χ4v) is 2.19. The van der Waals surface area contributed by atoms with Crippen molar-refractivity contribution in [1.29, 1.82) is 0 Å². The molecule has 0 aromatic heterocycles. The van der Waals surface area contributed by atoms with Crippen molar-refractivity contribution < 1.29 is 14.0 Å². The van der Waals surface area contributed by atoms with Gasteiger partial charge in [-0.3, -0.25) is 0 Å². The molecule has 1 N–H and O–H groups in total. The van der Waals surface area contributed by atoms with Crippen LogP contribution in [0.3, 0.4) is 0 Å². The van der Waals surface area contributed by atoms with E-state index in [1.807, 2.05) is 19.9 Å². The van der Waals surface area contributed by atoms with Crippen LogP contribution >= 0.6 is 10.3 Å².